The molecule has 1 saturated carbocycles. The maximum absolute atomic E-state index is 12.6. The van der Waals surface area contributed by atoms with Crippen molar-refractivity contribution in [3.8, 4) is 0 Å². The molecule has 6 atom stereocenters. The minimum atomic E-state index is -0.135. The van der Waals surface area contributed by atoms with Crippen LogP contribution in [-0.4, -0.2) is 40.9 Å². The summed E-state index contributed by atoms with van der Waals surface area (Å²) < 4.78 is 6.81. The van der Waals surface area contributed by atoms with Gasteiger partial charge in [0.1, 0.15) is 0 Å². The number of rotatable bonds is 3. The number of carbonyl (C=O) groups excluding carboxylic acids is 1. The van der Waals surface area contributed by atoms with Crippen molar-refractivity contribution >= 4 is 5.78 Å². The van der Waals surface area contributed by atoms with Gasteiger partial charge in [-0.15, -0.1) is 0 Å². The molecule has 29 heavy (non-hydrogen) atoms. The molecular formula is C25H36O4. The van der Waals surface area contributed by atoms with Crippen LogP contribution in [-0.2, 0) is 9.53 Å². The van der Waals surface area contributed by atoms with E-state index >= 15 is 0 Å². The Hall–Kier alpha value is -1.23. The molecule has 2 fully saturated rings. The largest absolute Gasteiger partial charge is 0.392 e. The zero-order valence-corrected chi connectivity index (χ0v) is 18.3. The fraction of sp³-hybridized carbons (Fsp3) is 0.720. The third kappa shape index (κ3) is 3.28. The van der Waals surface area contributed by atoms with Crippen LogP contribution in [0.25, 0.3) is 0 Å². The summed E-state index contributed by atoms with van der Waals surface area (Å²) in [5.41, 5.74) is 3.94. The second-order valence-electron chi connectivity index (χ2n) is 10.3. The van der Waals surface area contributed by atoms with Crippen molar-refractivity contribution < 1.29 is 19.7 Å². The number of fused-ring (bicyclic) bond motifs is 3. The predicted molar refractivity (Wildman–Crippen MR) is 113 cm³/mol. The van der Waals surface area contributed by atoms with Crippen molar-refractivity contribution in [2.24, 2.45) is 23.2 Å². The first kappa shape index (κ1) is 21.0. The first-order valence-electron chi connectivity index (χ1n) is 11.3. The van der Waals surface area contributed by atoms with Crippen molar-refractivity contribution in [1.82, 2.24) is 0 Å². The second-order valence-corrected chi connectivity index (χ2v) is 10.3. The van der Waals surface area contributed by atoms with E-state index in [2.05, 4.69) is 26.8 Å². The number of hydrogen-bond acceptors (Lipinski definition) is 4. The van der Waals surface area contributed by atoms with Crippen LogP contribution in [0.3, 0.4) is 0 Å². The van der Waals surface area contributed by atoms with Gasteiger partial charge in [-0.25, -0.2) is 0 Å². The first-order valence-corrected chi connectivity index (χ1v) is 11.3. The highest BCUT2D eigenvalue weighted by atomic mass is 16.5. The number of carbonyl (C=O) groups is 1. The van der Waals surface area contributed by atoms with E-state index < -0.39 is 0 Å². The molecule has 0 aromatic heterocycles. The normalized spacial score (nSPS) is 42.8. The molecular weight excluding hydrogens is 364 g/mol. The lowest BCUT2D eigenvalue weighted by atomic mass is 9.63. The van der Waals surface area contributed by atoms with Crippen LogP contribution in [0, 0.1) is 23.2 Å². The van der Waals surface area contributed by atoms with Gasteiger partial charge in [0.15, 0.2) is 5.78 Å². The number of aliphatic hydroxyl groups is 2. The molecule has 1 saturated heterocycles. The Kier molecular flexibility index (Phi) is 5.42. The lowest BCUT2D eigenvalue weighted by molar-refractivity contribution is -0.111. The predicted octanol–water partition coefficient (Wildman–Crippen LogP) is 4.12. The van der Waals surface area contributed by atoms with Crippen molar-refractivity contribution in [2.75, 3.05) is 13.2 Å². The molecule has 4 aliphatic rings. The summed E-state index contributed by atoms with van der Waals surface area (Å²) in [4.78, 5) is 12.6. The van der Waals surface area contributed by atoms with Crippen molar-refractivity contribution in [3.05, 3.63) is 34.4 Å². The van der Waals surface area contributed by atoms with Crippen LogP contribution in [0.1, 0.15) is 66.2 Å². The zero-order valence-electron chi connectivity index (χ0n) is 18.3. The molecule has 0 bridgehead atoms. The first-order chi connectivity index (χ1) is 13.7. The molecule has 0 aromatic carbocycles. The van der Waals surface area contributed by atoms with Gasteiger partial charge < -0.3 is 14.9 Å². The summed E-state index contributed by atoms with van der Waals surface area (Å²) in [6.45, 7) is 8.82. The van der Waals surface area contributed by atoms with E-state index in [0.29, 0.717) is 11.8 Å². The third-order valence-electron chi connectivity index (χ3n) is 8.53. The van der Waals surface area contributed by atoms with Gasteiger partial charge in [-0.3, -0.25) is 4.79 Å². The summed E-state index contributed by atoms with van der Waals surface area (Å²) in [6.07, 6.45) is 9.86. The molecule has 1 heterocycles. The van der Waals surface area contributed by atoms with E-state index in [0.717, 1.165) is 60.8 Å². The quantitative estimate of drug-likeness (QED) is 0.699. The Bertz CT molecular complexity index is 791. The summed E-state index contributed by atoms with van der Waals surface area (Å²) in [5, 5.41) is 19.5. The number of ether oxygens (including phenoxy) is 1. The molecule has 6 unspecified atom stereocenters. The van der Waals surface area contributed by atoms with Crippen LogP contribution < -0.4 is 0 Å². The topological polar surface area (TPSA) is 66.8 Å². The fourth-order valence-corrected chi connectivity index (χ4v) is 7.01. The lowest BCUT2D eigenvalue weighted by Gasteiger charge is -2.44. The Morgan fingerprint density at radius 3 is 2.79 bits per heavy atom. The van der Waals surface area contributed by atoms with E-state index in [1.807, 2.05) is 6.92 Å². The van der Waals surface area contributed by atoms with E-state index in [1.165, 1.54) is 0 Å². The Balaban J connectivity index is 1.68. The highest BCUT2D eigenvalue weighted by molar-refractivity contribution is 6.08. The monoisotopic (exact) mass is 400 g/mol. The molecule has 2 N–H and O–H groups in total. The molecule has 4 rings (SSSR count). The van der Waals surface area contributed by atoms with Crippen molar-refractivity contribution in [2.45, 2.75) is 77.9 Å². The summed E-state index contributed by atoms with van der Waals surface area (Å²) in [5.74, 6) is 1.15. The summed E-state index contributed by atoms with van der Waals surface area (Å²) in [7, 11) is 0. The highest BCUT2D eigenvalue weighted by Gasteiger charge is 2.61. The lowest BCUT2D eigenvalue weighted by Crippen LogP contribution is -2.44. The van der Waals surface area contributed by atoms with E-state index in [4.69, 9.17) is 4.74 Å². The van der Waals surface area contributed by atoms with Crippen LogP contribution in [0.15, 0.2) is 34.4 Å². The average molecular weight is 401 g/mol. The molecule has 1 spiro atoms. The maximum Gasteiger partial charge on any atom is 0.182 e. The van der Waals surface area contributed by atoms with E-state index in [1.54, 1.807) is 6.08 Å². The smallest absolute Gasteiger partial charge is 0.182 e. The van der Waals surface area contributed by atoms with Gasteiger partial charge >= 0.3 is 0 Å². The van der Waals surface area contributed by atoms with Gasteiger partial charge in [-0.05, 0) is 86.8 Å². The average Bonchev–Trinajstić information content (AvgIpc) is 3.22. The second kappa shape index (κ2) is 7.47. The van der Waals surface area contributed by atoms with Crippen molar-refractivity contribution in [3.63, 3.8) is 0 Å². The zero-order chi connectivity index (χ0) is 21.0. The maximum atomic E-state index is 12.6. The number of ketones is 1. The molecule has 4 heteroatoms. The molecule has 4 nitrogen and oxygen atoms in total. The van der Waals surface area contributed by atoms with Gasteiger partial charge in [0, 0.05) is 11.5 Å². The third-order valence-corrected chi connectivity index (χ3v) is 8.53. The van der Waals surface area contributed by atoms with Crippen LogP contribution >= 0.6 is 0 Å². The van der Waals surface area contributed by atoms with Gasteiger partial charge in [0.25, 0.3) is 0 Å². The Labute approximate surface area is 174 Å². The summed E-state index contributed by atoms with van der Waals surface area (Å²) in [6, 6.07) is 0. The van der Waals surface area contributed by atoms with E-state index in [-0.39, 0.29) is 42.0 Å². The molecule has 3 aliphatic carbocycles. The van der Waals surface area contributed by atoms with Gasteiger partial charge in [-0.1, -0.05) is 25.5 Å². The minimum Gasteiger partial charge on any atom is -0.392 e. The molecule has 160 valence electrons. The molecule has 0 radical (unpaired) electrons. The molecule has 0 amide bonds. The van der Waals surface area contributed by atoms with Crippen molar-refractivity contribution in [1.29, 1.82) is 0 Å². The van der Waals surface area contributed by atoms with Crippen LogP contribution in [0.4, 0.5) is 0 Å². The standard InChI is InChI=1S/C25H36O4/c1-15(13-26)9-19-11-17(3)25(29-19)8-7-24(4)12-20-16(2)10-21(28)23(20)18(14-27)5-6-22(24)25/h9-10,17,19-20,22,26-27H,5-8,11-14H2,1-4H3. The van der Waals surface area contributed by atoms with Crippen LogP contribution in [0.5, 0.6) is 0 Å². The summed E-state index contributed by atoms with van der Waals surface area (Å²) >= 11 is 0. The van der Waals surface area contributed by atoms with Gasteiger partial charge in [0.2, 0.25) is 0 Å². The number of allylic oxidation sites excluding steroid dienone is 3. The fourth-order valence-electron chi connectivity index (χ4n) is 7.01. The number of hydrogen-bond donors (Lipinski definition) is 2. The SMILES string of the molecule is CC(=CC1CC(C)C2(CCC3(C)CC4C(C)=CC(=O)C4=C(CO)CCC32)O1)CO. The van der Waals surface area contributed by atoms with E-state index in [9.17, 15) is 15.0 Å². The van der Waals surface area contributed by atoms with Crippen LogP contribution in [0.2, 0.25) is 0 Å². The van der Waals surface area contributed by atoms with Gasteiger partial charge in [-0.2, -0.15) is 0 Å². The van der Waals surface area contributed by atoms with Gasteiger partial charge in [0.05, 0.1) is 24.9 Å². The molecule has 0 aromatic rings. The Morgan fingerprint density at radius 2 is 2.10 bits per heavy atom. The molecule has 1 aliphatic heterocycles. The number of aliphatic hydroxyl groups excluding tert-OH is 2. The highest BCUT2D eigenvalue weighted by Crippen LogP contribution is 2.63. The Morgan fingerprint density at radius 1 is 1.34 bits per heavy atom. The minimum absolute atomic E-state index is 0.0212.